The molecule has 3 nitrogen and oxygen atoms in total. The summed E-state index contributed by atoms with van der Waals surface area (Å²) in [4.78, 5) is 5.09. The molecule has 1 aliphatic rings. The highest BCUT2D eigenvalue weighted by Crippen LogP contribution is 2.18. The van der Waals surface area contributed by atoms with E-state index in [-0.39, 0.29) is 0 Å². The number of nitrogens with zero attached hydrogens (tertiary/aromatic N) is 2. The van der Waals surface area contributed by atoms with Crippen LogP contribution in [0, 0.1) is 0 Å². The summed E-state index contributed by atoms with van der Waals surface area (Å²) in [6.45, 7) is 6.48. The standard InChI is InChI=1S/C16H27N3/c1-14-9-11-19(12-15-6-4-3-5-7-15)13-16(8-10-17)18(14)2/h3-7,14,16H,8-13,17H2,1-2H3. The fourth-order valence-electron chi connectivity index (χ4n) is 2.92. The molecule has 1 aromatic carbocycles. The third kappa shape index (κ3) is 4.03. The Morgan fingerprint density at radius 2 is 2.00 bits per heavy atom. The average molecular weight is 261 g/mol. The van der Waals surface area contributed by atoms with E-state index >= 15 is 0 Å². The SMILES string of the molecule is CC1CCN(Cc2ccccc2)CC(CCN)N1C. The van der Waals surface area contributed by atoms with Crippen LogP contribution in [-0.4, -0.2) is 48.6 Å². The van der Waals surface area contributed by atoms with E-state index < -0.39 is 0 Å². The lowest BCUT2D eigenvalue weighted by Crippen LogP contribution is -2.42. The number of hydrogen-bond donors (Lipinski definition) is 1. The minimum Gasteiger partial charge on any atom is -0.330 e. The highest BCUT2D eigenvalue weighted by atomic mass is 15.2. The van der Waals surface area contributed by atoms with Crippen LogP contribution in [0.25, 0.3) is 0 Å². The maximum absolute atomic E-state index is 5.77. The van der Waals surface area contributed by atoms with Crippen LogP contribution >= 0.6 is 0 Å². The maximum atomic E-state index is 5.77. The summed E-state index contributed by atoms with van der Waals surface area (Å²) in [5.41, 5.74) is 7.18. The molecule has 1 saturated heterocycles. The van der Waals surface area contributed by atoms with Gasteiger partial charge >= 0.3 is 0 Å². The van der Waals surface area contributed by atoms with E-state index in [2.05, 4.69) is 54.1 Å². The lowest BCUT2D eigenvalue weighted by Gasteiger charge is -2.31. The van der Waals surface area contributed by atoms with Crippen LogP contribution in [-0.2, 0) is 6.54 Å². The lowest BCUT2D eigenvalue weighted by molar-refractivity contribution is 0.167. The second kappa shape index (κ2) is 7.04. The average Bonchev–Trinajstić information content (AvgIpc) is 2.55. The Kier molecular flexibility index (Phi) is 5.37. The normalized spacial score (nSPS) is 26.3. The van der Waals surface area contributed by atoms with Gasteiger partial charge in [0.15, 0.2) is 0 Å². The summed E-state index contributed by atoms with van der Waals surface area (Å²) in [6, 6.07) is 12.0. The molecule has 2 N–H and O–H groups in total. The van der Waals surface area contributed by atoms with Gasteiger partial charge in [0, 0.05) is 31.7 Å². The van der Waals surface area contributed by atoms with Gasteiger partial charge < -0.3 is 5.73 Å². The van der Waals surface area contributed by atoms with Gasteiger partial charge in [0.1, 0.15) is 0 Å². The molecule has 0 saturated carbocycles. The van der Waals surface area contributed by atoms with Crippen molar-refractivity contribution in [2.45, 2.75) is 38.4 Å². The molecule has 0 spiro atoms. The van der Waals surface area contributed by atoms with E-state index in [1.807, 2.05) is 0 Å². The molecule has 0 aliphatic carbocycles. The zero-order valence-corrected chi connectivity index (χ0v) is 12.3. The van der Waals surface area contributed by atoms with E-state index in [4.69, 9.17) is 5.73 Å². The topological polar surface area (TPSA) is 32.5 Å². The second-order valence-electron chi connectivity index (χ2n) is 5.76. The van der Waals surface area contributed by atoms with Crippen molar-refractivity contribution in [2.24, 2.45) is 5.73 Å². The van der Waals surface area contributed by atoms with Crippen molar-refractivity contribution in [1.82, 2.24) is 9.80 Å². The highest BCUT2D eigenvalue weighted by molar-refractivity contribution is 5.14. The first kappa shape index (κ1) is 14.5. The summed E-state index contributed by atoms with van der Waals surface area (Å²) in [5, 5.41) is 0. The molecular weight excluding hydrogens is 234 g/mol. The van der Waals surface area contributed by atoms with Crippen molar-refractivity contribution < 1.29 is 0 Å². The maximum Gasteiger partial charge on any atom is 0.0235 e. The zero-order chi connectivity index (χ0) is 13.7. The van der Waals surface area contributed by atoms with Crippen LogP contribution in [0.3, 0.4) is 0 Å². The Bertz CT molecular complexity index is 366. The molecule has 0 radical (unpaired) electrons. The van der Waals surface area contributed by atoms with E-state index in [9.17, 15) is 0 Å². The molecule has 1 aliphatic heterocycles. The van der Waals surface area contributed by atoms with Crippen LogP contribution in [0.4, 0.5) is 0 Å². The first-order chi connectivity index (χ1) is 9.20. The molecule has 0 aromatic heterocycles. The monoisotopic (exact) mass is 261 g/mol. The second-order valence-corrected chi connectivity index (χ2v) is 5.76. The summed E-state index contributed by atoms with van der Waals surface area (Å²) in [5.74, 6) is 0. The molecule has 3 heteroatoms. The molecule has 2 atom stereocenters. The lowest BCUT2D eigenvalue weighted by atomic mass is 10.1. The molecule has 19 heavy (non-hydrogen) atoms. The van der Waals surface area contributed by atoms with Gasteiger partial charge in [0.05, 0.1) is 0 Å². The fraction of sp³-hybridized carbons (Fsp3) is 0.625. The minimum absolute atomic E-state index is 0.589. The van der Waals surface area contributed by atoms with Crippen molar-refractivity contribution in [2.75, 3.05) is 26.7 Å². The smallest absolute Gasteiger partial charge is 0.0235 e. The van der Waals surface area contributed by atoms with E-state index in [0.29, 0.717) is 12.1 Å². The van der Waals surface area contributed by atoms with Crippen molar-refractivity contribution >= 4 is 0 Å². The van der Waals surface area contributed by atoms with Crippen molar-refractivity contribution in [3.63, 3.8) is 0 Å². The predicted molar refractivity (Wildman–Crippen MR) is 81.0 cm³/mol. The molecule has 1 heterocycles. The van der Waals surface area contributed by atoms with Crippen LogP contribution in [0.1, 0.15) is 25.3 Å². The molecule has 106 valence electrons. The summed E-state index contributed by atoms with van der Waals surface area (Å²) in [6.07, 6.45) is 2.33. The van der Waals surface area contributed by atoms with Gasteiger partial charge in [-0.25, -0.2) is 0 Å². The Morgan fingerprint density at radius 1 is 1.26 bits per heavy atom. The summed E-state index contributed by atoms with van der Waals surface area (Å²) in [7, 11) is 2.25. The van der Waals surface area contributed by atoms with Crippen LogP contribution < -0.4 is 5.73 Å². The third-order valence-corrected chi connectivity index (χ3v) is 4.35. The Labute approximate surface area is 117 Å². The van der Waals surface area contributed by atoms with Crippen molar-refractivity contribution in [3.8, 4) is 0 Å². The van der Waals surface area contributed by atoms with Crippen LogP contribution in [0.2, 0.25) is 0 Å². The number of nitrogens with two attached hydrogens (primary N) is 1. The number of benzene rings is 1. The first-order valence-electron chi connectivity index (χ1n) is 7.39. The quantitative estimate of drug-likeness (QED) is 0.899. The molecule has 0 amide bonds. The Morgan fingerprint density at radius 3 is 2.68 bits per heavy atom. The zero-order valence-electron chi connectivity index (χ0n) is 12.3. The first-order valence-corrected chi connectivity index (χ1v) is 7.39. The van der Waals surface area contributed by atoms with Gasteiger partial charge in [-0.3, -0.25) is 9.80 Å². The molecule has 0 bridgehead atoms. The van der Waals surface area contributed by atoms with Gasteiger partial charge in [-0.1, -0.05) is 30.3 Å². The number of hydrogen-bond acceptors (Lipinski definition) is 3. The third-order valence-electron chi connectivity index (χ3n) is 4.35. The van der Waals surface area contributed by atoms with Gasteiger partial charge in [0.25, 0.3) is 0 Å². The molecular formula is C16H27N3. The fourth-order valence-corrected chi connectivity index (χ4v) is 2.92. The van der Waals surface area contributed by atoms with Gasteiger partial charge in [0.2, 0.25) is 0 Å². The van der Waals surface area contributed by atoms with Gasteiger partial charge in [-0.05, 0) is 38.9 Å². The van der Waals surface area contributed by atoms with E-state index in [1.54, 1.807) is 0 Å². The van der Waals surface area contributed by atoms with Crippen molar-refractivity contribution in [3.05, 3.63) is 35.9 Å². The van der Waals surface area contributed by atoms with Crippen LogP contribution in [0.15, 0.2) is 30.3 Å². The van der Waals surface area contributed by atoms with Crippen LogP contribution in [0.5, 0.6) is 0 Å². The predicted octanol–water partition coefficient (Wildman–Crippen LogP) is 1.93. The molecule has 2 rings (SSSR count). The number of rotatable bonds is 4. The molecule has 2 unspecified atom stereocenters. The molecule has 1 aromatic rings. The van der Waals surface area contributed by atoms with Gasteiger partial charge in [-0.2, -0.15) is 0 Å². The Hall–Kier alpha value is -0.900. The largest absolute Gasteiger partial charge is 0.330 e. The summed E-state index contributed by atoms with van der Waals surface area (Å²) >= 11 is 0. The van der Waals surface area contributed by atoms with E-state index in [1.165, 1.54) is 18.5 Å². The van der Waals surface area contributed by atoms with Crippen molar-refractivity contribution in [1.29, 1.82) is 0 Å². The van der Waals surface area contributed by atoms with Gasteiger partial charge in [-0.15, -0.1) is 0 Å². The highest BCUT2D eigenvalue weighted by Gasteiger charge is 2.25. The number of likely N-dealkylation sites (N-methyl/N-ethyl adjacent to an activating group) is 1. The van der Waals surface area contributed by atoms with E-state index in [0.717, 1.165) is 26.1 Å². The minimum atomic E-state index is 0.589. The molecule has 1 fully saturated rings. The summed E-state index contributed by atoms with van der Waals surface area (Å²) < 4.78 is 0. The Balaban J connectivity index is 2.01.